The lowest BCUT2D eigenvalue weighted by Gasteiger charge is -2.15. The van der Waals surface area contributed by atoms with E-state index in [1.54, 1.807) is 0 Å². The summed E-state index contributed by atoms with van der Waals surface area (Å²) in [5, 5.41) is 3.06. The van der Waals surface area contributed by atoms with Crippen molar-refractivity contribution in [2.75, 3.05) is 19.8 Å². The third kappa shape index (κ3) is 1.33. The predicted molar refractivity (Wildman–Crippen MR) is 46.5 cm³/mol. The molecule has 1 heterocycles. The van der Waals surface area contributed by atoms with Gasteiger partial charge >= 0.3 is 0 Å². The first-order valence-corrected chi connectivity index (χ1v) is 4.58. The lowest BCUT2D eigenvalue weighted by atomic mass is 10.1. The Balaban J connectivity index is 1.84. The average molecular weight is 168 g/mol. The van der Waals surface area contributed by atoms with E-state index in [9.17, 15) is 4.79 Å². The van der Waals surface area contributed by atoms with E-state index < -0.39 is 0 Å². The molecule has 0 aromatic heterocycles. The fraction of sp³-hybridized carbons (Fsp3) is 0.889. The summed E-state index contributed by atoms with van der Waals surface area (Å²) in [6, 6.07) is 0. The van der Waals surface area contributed by atoms with Crippen LogP contribution in [0.3, 0.4) is 0 Å². The van der Waals surface area contributed by atoms with Gasteiger partial charge in [-0.05, 0) is 17.8 Å². The van der Waals surface area contributed by atoms with Crippen LogP contribution in [-0.4, -0.2) is 30.6 Å². The lowest BCUT2D eigenvalue weighted by Crippen LogP contribution is -2.29. The number of amides is 1. The van der Waals surface area contributed by atoms with Gasteiger partial charge in [0.25, 0.3) is 0 Å². The van der Waals surface area contributed by atoms with Crippen molar-refractivity contribution in [3.63, 3.8) is 0 Å². The maximum Gasteiger partial charge on any atom is 0.237 e. The normalized spacial score (nSPS) is 32.7. The molecule has 0 aromatic carbocycles. The monoisotopic (exact) mass is 168 g/mol. The predicted octanol–water partition coefficient (Wildman–Crippen LogP) is 0.422. The summed E-state index contributed by atoms with van der Waals surface area (Å²) < 4.78 is 0. The van der Waals surface area contributed by atoms with Crippen LogP contribution in [0.15, 0.2) is 0 Å². The summed E-state index contributed by atoms with van der Waals surface area (Å²) >= 11 is 0. The van der Waals surface area contributed by atoms with Gasteiger partial charge in [0.1, 0.15) is 0 Å². The van der Waals surface area contributed by atoms with Crippen molar-refractivity contribution >= 4 is 5.91 Å². The molecular formula is C9H16N2O. The van der Waals surface area contributed by atoms with E-state index in [0.717, 1.165) is 19.1 Å². The number of hydrogen-bond donors (Lipinski definition) is 1. The number of rotatable bonds is 2. The summed E-state index contributed by atoms with van der Waals surface area (Å²) in [5.41, 5.74) is 0.489. The number of hydrogen-bond acceptors (Lipinski definition) is 2. The van der Waals surface area contributed by atoms with E-state index in [4.69, 9.17) is 0 Å². The van der Waals surface area contributed by atoms with E-state index in [2.05, 4.69) is 19.2 Å². The molecular weight excluding hydrogens is 152 g/mol. The molecule has 1 saturated carbocycles. The highest BCUT2D eigenvalue weighted by Gasteiger charge is 2.46. The number of nitrogens with one attached hydrogen (secondary N) is 1. The Labute approximate surface area is 73.1 Å². The molecule has 2 rings (SSSR count). The van der Waals surface area contributed by atoms with Crippen molar-refractivity contribution in [3.8, 4) is 0 Å². The van der Waals surface area contributed by atoms with Gasteiger partial charge in [-0.1, -0.05) is 13.8 Å². The second kappa shape index (κ2) is 2.46. The average Bonchev–Trinajstić information content (AvgIpc) is 2.39. The molecule has 3 heteroatoms. The second-order valence-corrected chi connectivity index (χ2v) is 4.59. The molecule has 1 unspecified atom stereocenters. The highest BCUT2D eigenvalue weighted by atomic mass is 16.2. The molecule has 0 bridgehead atoms. The highest BCUT2D eigenvalue weighted by molar-refractivity contribution is 5.80. The second-order valence-electron chi connectivity index (χ2n) is 4.59. The van der Waals surface area contributed by atoms with Gasteiger partial charge in [-0.25, -0.2) is 0 Å². The fourth-order valence-electron chi connectivity index (χ4n) is 1.82. The first kappa shape index (κ1) is 8.05. The molecule has 2 fully saturated rings. The van der Waals surface area contributed by atoms with Crippen LogP contribution < -0.4 is 5.32 Å². The quantitative estimate of drug-likeness (QED) is 0.648. The molecule has 3 nitrogen and oxygen atoms in total. The third-order valence-electron chi connectivity index (χ3n) is 3.09. The van der Waals surface area contributed by atoms with Crippen LogP contribution in [0.2, 0.25) is 0 Å². The molecule has 1 N–H and O–H groups in total. The van der Waals surface area contributed by atoms with E-state index in [1.807, 2.05) is 4.90 Å². The maximum absolute atomic E-state index is 11.2. The molecule has 2 aliphatic rings. The molecule has 0 aromatic rings. The summed E-state index contributed by atoms with van der Waals surface area (Å²) in [6.45, 7) is 6.79. The zero-order valence-corrected chi connectivity index (χ0v) is 7.76. The van der Waals surface area contributed by atoms with Gasteiger partial charge in [-0.15, -0.1) is 0 Å². The molecule has 1 saturated heterocycles. The lowest BCUT2D eigenvalue weighted by molar-refractivity contribution is -0.126. The Bertz CT molecular complexity index is 213. The molecule has 1 atom stereocenters. The Morgan fingerprint density at radius 1 is 1.67 bits per heavy atom. The third-order valence-corrected chi connectivity index (χ3v) is 3.09. The first-order valence-electron chi connectivity index (χ1n) is 4.58. The van der Waals surface area contributed by atoms with Crippen LogP contribution in [-0.2, 0) is 4.79 Å². The van der Waals surface area contributed by atoms with E-state index in [-0.39, 0.29) is 5.91 Å². The first-order chi connectivity index (χ1) is 5.59. The number of carbonyl (C=O) groups excluding carboxylic acids is 1. The minimum Gasteiger partial charge on any atom is -0.329 e. The Morgan fingerprint density at radius 2 is 2.33 bits per heavy atom. The van der Waals surface area contributed by atoms with Crippen molar-refractivity contribution in [1.82, 2.24) is 10.2 Å². The van der Waals surface area contributed by atoms with Crippen LogP contribution in [0.1, 0.15) is 20.3 Å². The summed E-state index contributed by atoms with van der Waals surface area (Å²) in [6.07, 6.45) is 1.27. The Hall–Kier alpha value is -0.570. The van der Waals surface area contributed by atoms with Gasteiger partial charge in [0, 0.05) is 6.54 Å². The van der Waals surface area contributed by atoms with Crippen molar-refractivity contribution in [1.29, 1.82) is 0 Å². The minimum absolute atomic E-state index is 0.262. The van der Waals surface area contributed by atoms with Crippen molar-refractivity contribution < 1.29 is 4.79 Å². The minimum atomic E-state index is 0.262. The summed E-state index contributed by atoms with van der Waals surface area (Å²) in [4.78, 5) is 13.1. The smallest absolute Gasteiger partial charge is 0.237 e. The van der Waals surface area contributed by atoms with Gasteiger partial charge in [-0.2, -0.15) is 0 Å². The van der Waals surface area contributed by atoms with Crippen LogP contribution in [0.4, 0.5) is 0 Å². The van der Waals surface area contributed by atoms with E-state index in [0.29, 0.717) is 12.0 Å². The maximum atomic E-state index is 11.2. The zero-order valence-electron chi connectivity index (χ0n) is 7.76. The van der Waals surface area contributed by atoms with Gasteiger partial charge in [0.2, 0.25) is 5.91 Å². The topological polar surface area (TPSA) is 32.3 Å². The standard InChI is InChI=1S/C9H16N2O/c1-9(2)3-7(9)5-11-6-10-4-8(11)12/h7,10H,3-6H2,1-2H3. The highest BCUT2D eigenvalue weighted by Crippen LogP contribution is 2.51. The van der Waals surface area contributed by atoms with Crippen LogP contribution in [0.5, 0.6) is 0 Å². The Kier molecular flexibility index (Phi) is 1.65. The molecule has 1 aliphatic carbocycles. The van der Waals surface area contributed by atoms with Crippen LogP contribution >= 0.6 is 0 Å². The van der Waals surface area contributed by atoms with Crippen molar-refractivity contribution in [2.45, 2.75) is 20.3 Å². The molecule has 68 valence electrons. The van der Waals surface area contributed by atoms with Gasteiger partial charge in [0.15, 0.2) is 0 Å². The van der Waals surface area contributed by atoms with E-state index in [1.165, 1.54) is 6.42 Å². The Morgan fingerprint density at radius 3 is 2.75 bits per heavy atom. The molecule has 1 amide bonds. The van der Waals surface area contributed by atoms with Crippen molar-refractivity contribution in [2.24, 2.45) is 11.3 Å². The van der Waals surface area contributed by atoms with Gasteiger partial charge in [0.05, 0.1) is 13.2 Å². The molecule has 0 spiro atoms. The molecule has 12 heavy (non-hydrogen) atoms. The van der Waals surface area contributed by atoms with E-state index >= 15 is 0 Å². The zero-order chi connectivity index (χ0) is 8.77. The van der Waals surface area contributed by atoms with Crippen LogP contribution in [0, 0.1) is 11.3 Å². The SMILES string of the molecule is CC1(C)CC1CN1CNCC1=O. The molecule has 0 radical (unpaired) electrons. The van der Waals surface area contributed by atoms with Gasteiger partial charge in [-0.3, -0.25) is 10.1 Å². The summed E-state index contributed by atoms with van der Waals surface area (Å²) in [5.74, 6) is 0.999. The van der Waals surface area contributed by atoms with Crippen molar-refractivity contribution in [3.05, 3.63) is 0 Å². The largest absolute Gasteiger partial charge is 0.329 e. The molecule has 1 aliphatic heterocycles. The number of carbonyl (C=O) groups is 1. The van der Waals surface area contributed by atoms with Gasteiger partial charge < -0.3 is 4.90 Å². The van der Waals surface area contributed by atoms with Crippen LogP contribution in [0.25, 0.3) is 0 Å². The number of nitrogens with zero attached hydrogens (tertiary/aromatic N) is 1. The fourth-order valence-corrected chi connectivity index (χ4v) is 1.82. The summed E-state index contributed by atoms with van der Waals surface area (Å²) in [7, 11) is 0.